The van der Waals surface area contributed by atoms with E-state index in [1.54, 1.807) is 11.3 Å². The van der Waals surface area contributed by atoms with Crippen molar-refractivity contribution >= 4 is 178 Å². The van der Waals surface area contributed by atoms with Crippen molar-refractivity contribution in [1.29, 1.82) is 0 Å². The maximum Gasteiger partial charge on any atom is 0.0874 e. The quantitative estimate of drug-likeness (QED) is 0.173. The summed E-state index contributed by atoms with van der Waals surface area (Å²) < 4.78 is 13.4. The average molecular weight is 855 g/mol. The van der Waals surface area contributed by atoms with Crippen molar-refractivity contribution in [3.8, 4) is 19.5 Å². The second kappa shape index (κ2) is 7.87. The fourth-order valence-electron chi connectivity index (χ4n) is 3.34. The van der Waals surface area contributed by atoms with E-state index in [1.165, 1.54) is 68.7 Å². The Morgan fingerprint density at radius 2 is 1.10 bits per heavy atom. The van der Waals surface area contributed by atoms with Gasteiger partial charge in [0.15, 0.2) is 0 Å². The molecule has 6 heterocycles. The zero-order chi connectivity index (χ0) is 20.9. The first-order valence-corrected chi connectivity index (χ1v) is 17.0. The number of anilines is 1. The third-order valence-corrected chi connectivity index (χ3v) is 17.5. The lowest BCUT2D eigenvalue weighted by atomic mass is 10.3. The Labute approximate surface area is 239 Å². The van der Waals surface area contributed by atoms with Gasteiger partial charge in [0.25, 0.3) is 0 Å². The number of aryl methyl sites for hydroxylation is 1. The van der Waals surface area contributed by atoms with Gasteiger partial charge in [0.1, 0.15) is 0 Å². The van der Waals surface area contributed by atoms with Crippen LogP contribution in [0.25, 0.3) is 47.7 Å². The number of halogens is 4. The van der Waals surface area contributed by atoms with Crippen LogP contribution >= 0.6 is 145 Å². The van der Waals surface area contributed by atoms with E-state index in [-0.39, 0.29) is 0 Å². The van der Waals surface area contributed by atoms with Gasteiger partial charge in [-0.05, 0) is 96.1 Å². The first kappa shape index (κ1) is 21.7. The van der Waals surface area contributed by atoms with Crippen molar-refractivity contribution in [1.82, 2.24) is 0 Å². The van der Waals surface area contributed by atoms with Gasteiger partial charge in [-0.3, -0.25) is 0 Å². The molecule has 2 N–H and O–H groups in total. The van der Waals surface area contributed by atoms with Crippen LogP contribution in [-0.4, -0.2) is 0 Å². The van der Waals surface area contributed by atoms with Crippen LogP contribution in [0.2, 0.25) is 0 Å². The number of hydrogen-bond acceptors (Lipinski definition) is 7. The van der Waals surface area contributed by atoms with Gasteiger partial charge in [-0.15, -0.1) is 68.0 Å². The minimum Gasteiger partial charge on any atom is -0.391 e. The molecule has 0 fully saturated rings. The number of nitrogens with two attached hydrogens (primary N) is 1. The van der Waals surface area contributed by atoms with Crippen molar-refractivity contribution in [3.05, 3.63) is 33.1 Å². The summed E-state index contributed by atoms with van der Waals surface area (Å²) in [6.45, 7) is 2.18. The van der Waals surface area contributed by atoms with Gasteiger partial charge >= 0.3 is 0 Å². The van der Waals surface area contributed by atoms with Crippen LogP contribution in [0.1, 0.15) is 4.88 Å². The van der Waals surface area contributed by atoms with Crippen LogP contribution in [0.5, 0.6) is 0 Å². The molecule has 0 saturated heterocycles. The molecule has 0 aliphatic rings. The van der Waals surface area contributed by atoms with Crippen LogP contribution in [0.3, 0.4) is 0 Å². The predicted molar refractivity (Wildman–Crippen MR) is 167 cm³/mol. The normalized spacial score (nSPS) is 12.3. The average Bonchev–Trinajstić information content (AvgIpc) is 3.47. The van der Waals surface area contributed by atoms with Crippen molar-refractivity contribution < 1.29 is 0 Å². The van der Waals surface area contributed by atoms with Gasteiger partial charge in [0.2, 0.25) is 0 Å². The van der Waals surface area contributed by atoms with Crippen LogP contribution in [0.15, 0.2) is 21.1 Å². The van der Waals surface area contributed by atoms with Crippen molar-refractivity contribution in [2.75, 3.05) is 5.73 Å². The van der Waals surface area contributed by atoms with Crippen LogP contribution in [0.4, 0.5) is 5.00 Å². The summed E-state index contributed by atoms with van der Waals surface area (Å²) in [5, 5.41) is 0.870. The Kier molecular flexibility index (Phi) is 5.70. The van der Waals surface area contributed by atoms with E-state index in [0.29, 0.717) is 0 Å². The molecule has 0 aliphatic heterocycles. The van der Waals surface area contributed by atoms with Crippen LogP contribution in [0, 0.1) is 14.1 Å². The lowest BCUT2D eigenvalue weighted by Crippen LogP contribution is -1.73. The van der Waals surface area contributed by atoms with Gasteiger partial charge in [-0.2, -0.15) is 0 Å². The smallest absolute Gasteiger partial charge is 0.0874 e. The Morgan fingerprint density at radius 3 is 1.53 bits per heavy atom. The van der Waals surface area contributed by atoms with E-state index >= 15 is 0 Å². The molecule has 0 bridgehead atoms. The van der Waals surface area contributed by atoms with Gasteiger partial charge in [0.05, 0.1) is 61.7 Å². The number of nitrogen functional groups attached to an aromatic ring is 1. The van der Waals surface area contributed by atoms with E-state index in [9.17, 15) is 0 Å². The molecule has 0 aromatic carbocycles. The fraction of sp³-hybridized carbons (Fsp3) is 0.0526. The summed E-state index contributed by atoms with van der Waals surface area (Å²) >= 11 is 23.9. The zero-order valence-corrected chi connectivity index (χ0v) is 27.1. The zero-order valence-electron chi connectivity index (χ0n) is 14.7. The molecule has 0 radical (unpaired) electrons. The first-order chi connectivity index (χ1) is 14.3. The largest absolute Gasteiger partial charge is 0.391 e. The van der Waals surface area contributed by atoms with Crippen molar-refractivity contribution in [2.24, 2.45) is 0 Å². The molecule has 0 atom stereocenters. The molecular formula is C19H7Br2I2NS6. The molecule has 6 aromatic rings. The predicted octanol–water partition coefficient (Wildman–Crippen LogP) is 11.5. The standard InChI is InChI=1S/C19H7Br2I2NS6/c1-4-2-5(22)10(25-4)12-8(20)14-16(27-12)18-19(29-14)17-15(30-18)9(21)13(28-17)11-6(23)3-7(24)26-11/h2-3H,24H2,1H3. The number of thiophene rings is 6. The maximum atomic E-state index is 6.06. The minimum atomic E-state index is 0.870. The Bertz CT molecular complexity index is 1500. The van der Waals surface area contributed by atoms with E-state index in [2.05, 4.69) is 96.1 Å². The van der Waals surface area contributed by atoms with Gasteiger partial charge < -0.3 is 5.73 Å². The second-order valence-corrected chi connectivity index (χ2v) is 16.9. The molecule has 0 saturated carbocycles. The topological polar surface area (TPSA) is 26.0 Å². The summed E-state index contributed by atoms with van der Waals surface area (Å²) in [6, 6.07) is 4.33. The molecular weight excluding hydrogens is 848 g/mol. The molecule has 6 aromatic heterocycles. The van der Waals surface area contributed by atoms with Crippen molar-refractivity contribution in [2.45, 2.75) is 6.92 Å². The summed E-state index contributed by atoms with van der Waals surface area (Å²) in [7, 11) is 0. The molecule has 0 spiro atoms. The second-order valence-electron chi connectivity index (χ2n) is 6.53. The third kappa shape index (κ3) is 3.20. The van der Waals surface area contributed by atoms with E-state index < -0.39 is 0 Å². The fourth-order valence-corrected chi connectivity index (χ4v) is 16.1. The minimum absolute atomic E-state index is 0.870. The van der Waals surface area contributed by atoms with Crippen molar-refractivity contribution in [3.63, 3.8) is 0 Å². The SMILES string of the molecule is Cc1cc(I)c(-c2sc3c(sc4c5sc(-c6sc(N)cc6I)c(Br)c5sc34)c2Br)s1. The number of fused-ring (bicyclic) bond motifs is 5. The highest BCUT2D eigenvalue weighted by molar-refractivity contribution is 14.1. The number of rotatable bonds is 2. The van der Waals surface area contributed by atoms with Gasteiger partial charge in [-0.25, -0.2) is 0 Å². The molecule has 30 heavy (non-hydrogen) atoms. The highest BCUT2D eigenvalue weighted by Gasteiger charge is 2.25. The molecule has 0 amide bonds. The molecule has 0 unspecified atom stereocenters. The lowest BCUT2D eigenvalue weighted by Gasteiger charge is -1.95. The number of hydrogen-bond donors (Lipinski definition) is 1. The van der Waals surface area contributed by atoms with E-state index in [0.717, 1.165) is 5.00 Å². The summed E-state index contributed by atoms with van der Waals surface area (Å²) in [5.41, 5.74) is 6.06. The van der Waals surface area contributed by atoms with E-state index in [4.69, 9.17) is 5.73 Å². The third-order valence-electron chi connectivity index (χ3n) is 4.57. The Hall–Kier alpha value is 1.20. The molecule has 11 heteroatoms. The first-order valence-electron chi connectivity index (χ1n) is 8.40. The summed E-state index contributed by atoms with van der Waals surface area (Å²) in [6.07, 6.45) is 0. The van der Waals surface area contributed by atoms with Crippen LogP contribution < -0.4 is 5.73 Å². The molecule has 152 valence electrons. The summed E-state index contributed by atoms with van der Waals surface area (Å²) in [4.78, 5) is 6.67. The maximum absolute atomic E-state index is 6.06. The van der Waals surface area contributed by atoms with Crippen LogP contribution in [-0.2, 0) is 0 Å². The van der Waals surface area contributed by atoms with Gasteiger partial charge in [0, 0.05) is 12.0 Å². The highest BCUT2D eigenvalue weighted by atomic mass is 127. The highest BCUT2D eigenvalue weighted by Crippen LogP contribution is 2.58. The monoisotopic (exact) mass is 853 g/mol. The molecule has 6 rings (SSSR count). The molecule has 0 aliphatic carbocycles. The van der Waals surface area contributed by atoms with E-state index in [1.807, 2.05) is 56.7 Å². The van der Waals surface area contributed by atoms with Gasteiger partial charge in [-0.1, -0.05) is 0 Å². The lowest BCUT2D eigenvalue weighted by molar-refractivity contribution is 1.62. The Morgan fingerprint density at radius 1 is 0.633 bits per heavy atom. The Balaban J connectivity index is 1.60. The summed E-state index contributed by atoms with van der Waals surface area (Å²) in [5.74, 6) is 0. The molecule has 1 nitrogen and oxygen atoms in total.